The standard InChI is InChI=1S/C21H27N3O3.C6H8O7/c1-3-8-24-16(2)18(11-22-24)13-23(14-19-5-4-9-25-19)12-17-6-7-20-21(10-17)27-15-26-20;7-3(8)1-6(13,5(11)12)2-4(9)10/h3,6-7,10-11,19H,1,4-5,8-9,12-15H2,2H3;13H,1-2H2,(H,7,8)(H,9,10)(H,11,12). The smallest absolute Gasteiger partial charge is 0.336 e. The van der Waals surface area contributed by atoms with Crippen molar-refractivity contribution in [3.8, 4) is 11.5 Å². The van der Waals surface area contributed by atoms with Gasteiger partial charge in [-0.3, -0.25) is 19.2 Å². The van der Waals surface area contributed by atoms with Crippen molar-refractivity contribution >= 4 is 17.9 Å². The van der Waals surface area contributed by atoms with E-state index in [1.54, 1.807) is 0 Å². The number of aliphatic hydroxyl groups is 1. The summed E-state index contributed by atoms with van der Waals surface area (Å²) in [4.78, 5) is 32.9. The maximum absolute atomic E-state index is 10.3. The molecule has 0 saturated carbocycles. The van der Waals surface area contributed by atoms with Crippen LogP contribution in [0.3, 0.4) is 0 Å². The molecule has 4 rings (SSSR count). The molecule has 2 aromatic rings. The first-order valence-electron chi connectivity index (χ1n) is 12.7. The number of rotatable bonds is 13. The van der Waals surface area contributed by atoms with Gasteiger partial charge in [0.2, 0.25) is 6.79 Å². The molecule has 0 aliphatic carbocycles. The lowest BCUT2D eigenvalue weighted by Gasteiger charge is -2.25. The fraction of sp³-hybridized carbons (Fsp3) is 0.481. The Morgan fingerprint density at radius 3 is 2.45 bits per heavy atom. The molecule has 2 aliphatic heterocycles. The molecule has 1 atom stereocenters. The van der Waals surface area contributed by atoms with Gasteiger partial charge in [0.1, 0.15) is 0 Å². The van der Waals surface area contributed by atoms with Gasteiger partial charge >= 0.3 is 17.9 Å². The van der Waals surface area contributed by atoms with Crippen LogP contribution in [0, 0.1) is 6.92 Å². The lowest BCUT2D eigenvalue weighted by atomic mass is 9.96. The molecule has 1 unspecified atom stereocenters. The predicted octanol–water partition coefficient (Wildman–Crippen LogP) is 2.04. The topological polar surface area (TPSA) is 181 Å². The van der Waals surface area contributed by atoms with Gasteiger partial charge < -0.3 is 34.6 Å². The van der Waals surface area contributed by atoms with E-state index in [2.05, 4.69) is 35.6 Å². The van der Waals surface area contributed by atoms with E-state index in [1.807, 2.05) is 23.0 Å². The molecule has 13 heteroatoms. The number of carbonyl (C=O) groups is 3. The fourth-order valence-electron chi connectivity index (χ4n) is 4.46. The third-order valence-corrected chi connectivity index (χ3v) is 6.52. The van der Waals surface area contributed by atoms with Crippen molar-refractivity contribution in [1.29, 1.82) is 0 Å². The Bertz CT molecular complexity index is 1190. The molecule has 3 heterocycles. The number of benzene rings is 1. The first-order chi connectivity index (χ1) is 19.0. The van der Waals surface area contributed by atoms with Gasteiger partial charge in [0, 0.05) is 37.5 Å². The second kappa shape index (κ2) is 13.9. The van der Waals surface area contributed by atoms with Crippen LogP contribution < -0.4 is 9.47 Å². The van der Waals surface area contributed by atoms with E-state index in [-0.39, 0.29) is 0 Å². The quantitative estimate of drug-likeness (QED) is 0.262. The Morgan fingerprint density at radius 2 is 1.85 bits per heavy atom. The van der Waals surface area contributed by atoms with E-state index in [9.17, 15) is 14.4 Å². The number of aromatic nitrogens is 2. The zero-order valence-corrected chi connectivity index (χ0v) is 22.3. The monoisotopic (exact) mass is 561 g/mol. The molecule has 0 radical (unpaired) electrons. The number of hydrogen-bond donors (Lipinski definition) is 4. The molecule has 0 spiro atoms. The Hall–Kier alpha value is -3.94. The van der Waals surface area contributed by atoms with Crippen molar-refractivity contribution in [2.24, 2.45) is 0 Å². The van der Waals surface area contributed by atoms with Gasteiger partial charge in [-0.1, -0.05) is 12.1 Å². The van der Waals surface area contributed by atoms with E-state index in [4.69, 9.17) is 34.6 Å². The summed E-state index contributed by atoms with van der Waals surface area (Å²) in [7, 11) is 0. The Balaban J connectivity index is 0.000000289. The SMILES string of the molecule is C=CCn1ncc(CN(Cc2ccc3c(c2)OCO3)CC2CCCO2)c1C.O=C(O)CC(O)(CC(=O)O)C(=O)O. The highest BCUT2D eigenvalue weighted by molar-refractivity contribution is 5.88. The normalized spacial score (nSPS) is 15.9. The van der Waals surface area contributed by atoms with Crippen LogP contribution in [0.15, 0.2) is 37.1 Å². The largest absolute Gasteiger partial charge is 0.481 e. The van der Waals surface area contributed by atoms with E-state index < -0.39 is 36.4 Å². The van der Waals surface area contributed by atoms with E-state index in [1.165, 1.54) is 16.8 Å². The van der Waals surface area contributed by atoms with Gasteiger partial charge in [-0.25, -0.2) is 4.79 Å². The summed E-state index contributed by atoms with van der Waals surface area (Å²) < 4.78 is 18.8. The number of fused-ring (bicyclic) bond motifs is 1. The zero-order valence-electron chi connectivity index (χ0n) is 22.3. The lowest BCUT2D eigenvalue weighted by molar-refractivity contribution is -0.170. The molecule has 2 aliphatic rings. The molecule has 4 N–H and O–H groups in total. The molecule has 40 heavy (non-hydrogen) atoms. The van der Waals surface area contributed by atoms with Crippen LogP contribution in [-0.4, -0.2) is 84.7 Å². The Morgan fingerprint density at radius 1 is 1.15 bits per heavy atom. The summed E-state index contributed by atoms with van der Waals surface area (Å²) in [5.41, 5.74) is 0.916. The number of aliphatic carboxylic acids is 3. The molecule has 1 aromatic carbocycles. The van der Waals surface area contributed by atoms with Gasteiger partial charge in [-0.2, -0.15) is 5.10 Å². The van der Waals surface area contributed by atoms with E-state index in [0.717, 1.165) is 57.1 Å². The van der Waals surface area contributed by atoms with Crippen molar-refractivity contribution in [3.05, 3.63) is 53.9 Å². The van der Waals surface area contributed by atoms with Crippen LogP contribution in [0.4, 0.5) is 0 Å². The lowest BCUT2D eigenvalue weighted by Crippen LogP contribution is -2.42. The first kappa shape index (κ1) is 30.6. The minimum Gasteiger partial charge on any atom is -0.481 e. The maximum atomic E-state index is 10.3. The number of carboxylic acids is 3. The van der Waals surface area contributed by atoms with Crippen molar-refractivity contribution < 1.29 is 49.0 Å². The summed E-state index contributed by atoms with van der Waals surface area (Å²) in [5.74, 6) is -3.36. The average molecular weight is 562 g/mol. The average Bonchev–Trinajstić information content (AvgIpc) is 3.62. The Labute approximate surface area is 231 Å². The molecular weight excluding hydrogens is 526 g/mol. The van der Waals surface area contributed by atoms with Crippen LogP contribution in [0.5, 0.6) is 11.5 Å². The number of carboxylic acid groups (broad SMARTS) is 3. The van der Waals surface area contributed by atoms with Crippen molar-refractivity contribution in [3.63, 3.8) is 0 Å². The summed E-state index contributed by atoms with van der Waals surface area (Å²) in [6, 6.07) is 6.19. The second-order valence-corrected chi connectivity index (χ2v) is 9.70. The number of ether oxygens (including phenoxy) is 3. The van der Waals surface area contributed by atoms with Crippen molar-refractivity contribution in [2.75, 3.05) is 19.9 Å². The molecule has 1 fully saturated rings. The van der Waals surface area contributed by atoms with Crippen LogP contribution in [0.1, 0.15) is 42.5 Å². The third-order valence-electron chi connectivity index (χ3n) is 6.52. The van der Waals surface area contributed by atoms with Crippen LogP contribution in [-0.2, 0) is 38.8 Å². The maximum Gasteiger partial charge on any atom is 0.336 e. The van der Waals surface area contributed by atoms with Crippen LogP contribution in [0.25, 0.3) is 0 Å². The number of allylic oxidation sites excluding steroid dienone is 1. The van der Waals surface area contributed by atoms with Crippen LogP contribution in [0.2, 0.25) is 0 Å². The molecule has 1 aromatic heterocycles. The molecule has 0 bridgehead atoms. The molecular formula is C27H35N3O10. The molecule has 1 saturated heterocycles. The van der Waals surface area contributed by atoms with E-state index in [0.29, 0.717) is 12.9 Å². The zero-order chi connectivity index (χ0) is 29.3. The summed E-state index contributed by atoms with van der Waals surface area (Å²) in [6.07, 6.45) is 4.15. The fourth-order valence-corrected chi connectivity index (χ4v) is 4.46. The number of hydrogen-bond acceptors (Lipinski definition) is 9. The van der Waals surface area contributed by atoms with Gasteiger partial charge in [-0.15, -0.1) is 6.58 Å². The first-order valence-corrected chi connectivity index (χ1v) is 12.7. The highest BCUT2D eigenvalue weighted by Gasteiger charge is 2.40. The highest BCUT2D eigenvalue weighted by Crippen LogP contribution is 2.33. The van der Waals surface area contributed by atoms with Gasteiger partial charge in [-0.05, 0) is 37.5 Å². The summed E-state index contributed by atoms with van der Waals surface area (Å²) in [5, 5.41) is 38.3. The second-order valence-electron chi connectivity index (χ2n) is 9.70. The molecule has 13 nitrogen and oxygen atoms in total. The predicted molar refractivity (Wildman–Crippen MR) is 140 cm³/mol. The minimum atomic E-state index is -2.74. The van der Waals surface area contributed by atoms with Gasteiger partial charge in [0.25, 0.3) is 0 Å². The van der Waals surface area contributed by atoms with Gasteiger partial charge in [0.05, 0.1) is 31.7 Å². The van der Waals surface area contributed by atoms with E-state index >= 15 is 0 Å². The van der Waals surface area contributed by atoms with Crippen molar-refractivity contribution in [1.82, 2.24) is 14.7 Å². The third kappa shape index (κ3) is 8.53. The summed E-state index contributed by atoms with van der Waals surface area (Å²) >= 11 is 0. The van der Waals surface area contributed by atoms with Gasteiger partial charge in [0.15, 0.2) is 17.1 Å². The van der Waals surface area contributed by atoms with Crippen molar-refractivity contribution in [2.45, 2.75) is 63.9 Å². The van der Waals surface area contributed by atoms with Crippen LogP contribution >= 0.6 is 0 Å². The molecule has 0 amide bonds. The summed E-state index contributed by atoms with van der Waals surface area (Å²) in [6.45, 7) is 10.4. The Kier molecular flexibility index (Phi) is 10.6. The highest BCUT2D eigenvalue weighted by atomic mass is 16.7. The minimum absolute atomic E-state index is 0.306. The molecule has 218 valence electrons. The number of nitrogens with zero attached hydrogens (tertiary/aromatic N) is 3.